The van der Waals surface area contributed by atoms with Gasteiger partial charge in [-0.2, -0.15) is 0 Å². The van der Waals surface area contributed by atoms with Gasteiger partial charge < -0.3 is 19.3 Å². The Morgan fingerprint density at radius 2 is 1.74 bits per heavy atom. The van der Waals surface area contributed by atoms with Crippen molar-refractivity contribution < 1.29 is 33.7 Å². The quantitative estimate of drug-likeness (QED) is 0.233. The van der Waals surface area contributed by atoms with E-state index in [0.29, 0.717) is 6.54 Å². The van der Waals surface area contributed by atoms with E-state index in [4.69, 9.17) is 21.7 Å². The van der Waals surface area contributed by atoms with Crippen LogP contribution in [-0.4, -0.2) is 59.2 Å². The van der Waals surface area contributed by atoms with Crippen molar-refractivity contribution in [2.45, 2.75) is 40.3 Å². The maximum absolute atomic E-state index is 12.9. The summed E-state index contributed by atoms with van der Waals surface area (Å²) in [5, 5.41) is 10.6. The van der Waals surface area contributed by atoms with Crippen molar-refractivity contribution in [2.75, 3.05) is 20.8 Å². The van der Waals surface area contributed by atoms with E-state index in [1.807, 2.05) is 0 Å². The molecule has 11 nitrogen and oxygen atoms in total. The minimum absolute atomic E-state index is 0.00917. The fraction of sp³-hybridized carbons (Fsp3) is 0.429. The number of aromatic nitrogens is 2. The molecule has 0 atom stereocenters. The number of aromatic hydroxyl groups is 1. The number of rotatable bonds is 9. The molecule has 0 bridgehead atoms. The third-order valence-electron chi connectivity index (χ3n) is 4.76. The van der Waals surface area contributed by atoms with Crippen LogP contribution in [0, 0.1) is 4.77 Å². The highest BCUT2D eigenvalue weighted by Gasteiger charge is 2.30. The van der Waals surface area contributed by atoms with Crippen LogP contribution in [0.1, 0.15) is 51.9 Å². The normalized spacial score (nSPS) is 11.0. The predicted octanol–water partition coefficient (Wildman–Crippen LogP) is 2.62. The van der Waals surface area contributed by atoms with Crippen molar-refractivity contribution in [1.29, 1.82) is 0 Å². The van der Waals surface area contributed by atoms with Crippen LogP contribution in [0.2, 0.25) is 0 Å². The molecule has 0 aliphatic heterocycles. The maximum Gasteiger partial charge on any atom is 0.348 e. The van der Waals surface area contributed by atoms with Crippen LogP contribution in [0.3, 0.4) is 0 Å². The van der Waals surface area contributed by atoms with Crippen LogP contribution in [0.5, 0.6) is 5.88 Å². The summed E-state index contributed by atoms with van der Waals surface area (Å²) in [5.41, 5.74) is -0.827. The van der Waals surface area contributed by atoms with E-state index < -0.39 is 29.9 Å². The molecule has 2 heterocycles. The molecule has 13 heteroatoms. The molecule has 0 unspecified atom stereocenters. The summed E-state index contributed by atoms with van der Waals surface area (Å²) in [6.45, 7) is 5.67. The van der Waals surface area contributed by atoms with Gasteiger partial charge in [0.25, 0.3) is 5.56 Å². The number of carbonyl (C=O) groups excluding carboxylic acids is 3. The Kier molecular flexibility index (Phi) is 9.27. The summed E-state index contributed by atoms with van der Waals surface area (Å²) < 4.78 is 17.4. The lowest BCUT2D eigenvalue weighted by atomic mass is 10.1. The lowest BCUT2D eigenvalue weighted by molar-refractivity contribution is -0.139. The summed E-state index contributed by atoms with van der Waals surface area (Å²) in [5.74, 6) is -2.69. The average Bonchev–Trinajstić information content (AvgIpc) is 3.17. The van der Waals surface area contributed by atoms with E-state index in [0.717, 1.165) is 24.7 Å². The first-order chi connectivity index (χ1) is 16.2. The standard InChI is InChI=1S/C21H25N3O8S2/c1-6-23-17(26)12(18(27)24(7-2)21(23)33)10-22-16-14(19(28)32-8-3)11(9-13(25)30-4)15(34-16)20(29)31-5/h10,26H,6-9H2,1-5H3. The molecule has 0 fully saturated rings. The van der Waals surface area contributed by atoms with Gasteiger partial charge in [-0.25, -0.2) is 14.6 Å². The van der Waals surface area contributed by atoms with Gasteiger partial charge in [-0.3, -0.25) is 18.7 Å². The Hall–Kier alpha value is -3.32. The SMILES string of the molecule is CCOC(=O)c1c(N=Cc2c(O)n(CC)c(=S)n(CC)c2=O)sc(C(=O)OC)c1CC(=O)OC. The molecule has 2 aromatic heterocycles. The molecule has 34 heavy (non-hydrogen) atoms. The van der Waals surface area contributed by atoms with Gasteiger partial charge in [0.2, 0.25) is 5.88 Å². The molecule has 0 aromatic carbocycles. The Balaban J connectivity index is 2.81. The second kappa shape index (κ2) is 11.7. The monoisotopic (exact) mass is 511 g/mol. The molecular weight excluding hydrogens is 486 g/mol. The third kappa shape index (κ3) is 5.25. The van der Waals surface area contributed by atoms with Gasteiger partial charge in [0.05, 0.1) is 27.2 Å². The molecule has 2 rings (SSSR count). The van der Waals surface area contributed by atoms with Gasteiger partial charge in [0, 0.05) is 24.9 Å². The third-order valence-corrected chi connectivity index (χ3v) is 6.33. The molecule has 1 N–H and O–H groups in total. The number of methoxy groups -OCH3 is 2. The fourth-order valence-corrected chi connectivity index (χ4v) is 4.61. The Morgan fingerprint density at radius 1 is 1.09 bits per heavy atom. The highest BCUT2D eigenvalue weighted by molar-refractivity contribution is 7.71. The van der Waals surface area contributed by atoms with Crippen LogP contribution in [-0.2, 0) is 38.5 Å². The van der Waals surface area contributed by atoms with Gasteiger partial charge in [-0.05, 0) is 33.0 Å². The lowest BCUT2D eigenvalue weighted by Crippen LogP contribution is -2.27. The van der Waals surface area contributed by atoms with E-state index in [1.165, 1.54) is 16.2 Å². The van der Waals surface area contributed by atoms with Gasteiger partial charge in [0.1, 0.15) is 21.0 Å². The molecule has 0 aliphatic rings. The van der Waals surface area contributed by atoms with Crippen molar-refractivity contribution in [2.24, 2.45) is 4.99 Å². The molecule has 0 aliphatic carbocycles. The van der Waals surface area contributed by atoms with E-state index in [-0.39, 0.29) is 50.4 Å². The van der Waals surface area contributed by atoms with Gasteiger partial charge in [-0.1, -0.05) is 0 Å². The predicted molar refractivity (Wildman–Crippen MR) is 127 cm³/mol. The minimum atomic E-state index is -0.820. The summed E-state index contributed by atoms with van der Waals surface area (Å²) in [4.78, 5) is 54.1. The van der Waals surface area contributed by atoms with E-state index in [9.17, 15) is 24.3 Å². The fourth-order valence-electron chi connectivity index (χ4n) is 3.11. The van der Waals surface area contributed by atoms with Crippen LogP contribution in [0.25, 0.3) is 0 Å². The molecule has 0 saturated heterocycles. The minimum Gasteiger partial charge on any atom is -0.494 e. The molecule has 0 saturated carbocycles. The Labute approximate surface area is 204 Å². The van der Waals surface area contributed by atoms with Crippen molar-refractivity contribution in [1.82, 2.24) is 9.13 Å². The van der Waals surface area contributed by atoms with E-state index in [1.54, 1.807) is 20.8 Å². The zero-order valence-electron chi connectivity index (χ0n) is 19.4. The highest BCUT2D eigenvalue weighted by Crippen LogP contribution is 2.37. The van der Waals surface area contributed by atoms with E-state index in [2.05, 4.69) is 9.73 Å². The number of aliphatic imine (C=N–C) groups is 1. The van der Waals surface area contributed by atoms with Gasteiger partial charge in [-0.15, -0.1) is 11.3 Å². The highest BCUT2D eigenvalue weighted by atomic mass is 32.1. The molecular formula is C21H25N3O8S2. The molecule has 0 radical (unpaired) electrons. The second-order valence-electron chi connectivity index (χ2n) is 6.63. The Morgan fingerprint density at radius 3 is 2.26 bits per heavy atom. The number of carbonyl (C=O) groups is 3. The molecule has 0 amide bonds. The maximum atomic E-state index is 12.9. The zero-order valence-corrected chi connectivity index (χ0v) is 21.0. The number of ether oxygens (including phenoxy) is 3. The molecule has 2 aromatic rings. The van der Waals surface area contributed by atoms with Gasteiger partial charge >= 0.3 is 17.9 Å². The topological polar surface area (TPSA) is 138 Å². The summed E-state index contributed by atoms with van der Waals surface area (Å²) >= 11 is 6.05. The number of thiophene rings is 1. The van der Waals surface area contributed by atoms with Crippen LogP contribution >= 0.6 is 23.6 Å². The summed E-state index contributed by atoms with van der Waals surface area (Å²) in [6, 6.07) is 0. The smallest absolute Gasteiger partial charge is 0.348 e. The number of hydrogen-bond donors (Lipinski definition) is 1. The number of nitrogens with zero attached hydrogens (tertiary/aromatic N) is 3. The first kappa shape index (κ1) is 26.9. The number of hydrogen-bond acceptors (Lipinski definition) is 11. The van der Waals surface area contributed by atoms with E-state index >= 15 is 0 Å². The van der Waals surface area contributed by atoms with Gasteiger partial charge in [0.15, 0.2) is 4.77 Å². The summed E-state index contributed by atoms with van der Waals surface area (Å²) in [6.07, 6.45) is 0.678. The Bertz CT molecular complexity index is 1260. The average molecular weight is 512 g/mol. The van der Waals surface area contributed by atoms with Crippen LogP contribution in [0.15, 0.2) is 9.79 Å². The van der Waals surface area contributed by atoms with Crippen LogP contribution in [0.4, 0.5) is 5.00 Å². The lowest BCUT2D eigenvalue weighted by Gasteiger charge is -2.13. The largest absolute Gasteiger partial charge is 0.494 e. The van der Waals surface area contributed by atoms with Crippen molar-refractivity contribution >= 4 is 52.7 Å². The van der Waals surface area contributed by atoms with Crippen LogP contribution < -0.4 is 5.56 Å². The zero-order chi connectivity index (χ0) is 25.6. The number of esters is 3. The first-order valence-corrected chi connectivity index (χ1v) is 11.5. The summed E-state index contributed by atoms with van der Waals surface area (Å²) in [7, 11) is 2.32. The molecule has 184 valence electrons. The van der Waals surface area contributed by atoms with Crippen molar-refractivity contribution in [3.63, 3.8) is 0 Å². The molecule has 0 spiro atoms. The second-order valence-corrected chi connectivity index (χ2v) is 7.99. The van der Waals surface area contributed by atoms with Crippen molar-refractivity contribution in [3.8, 4) is 5.88 Å². The first-order valence-electron chi connectivity index (χ1n) is 10.2. The van der Waals surface area contributed by atoms with Crippen molar-refractivity contribution in [3.05, 3.63) is 36.7 Å².